The molecule has 1 aliphatic heterocycles. The average molecular weight is 360 g/mol. The van der Waals surface area contributed by atoms with Gasteiger partial charge in [0.1, 0.15) is 11.4 Å². The van der Waals surface area contributed by atoms with E-state index in [-0.39, 0.29) is 5.91 Å². The molecule has 2 N–H and O–H groups in total. The van der Waals surface area contributed by atoms with E-state index in [1.54, 1.807) is 25.1 Å². The molecule has 5 heteroatoms. The summed E-state index contributed by atoms with van der Waals surface area (Å²) in [7, 11) is 1.54. The number of hydrogen-bond acceptors (Lipinski definition) is 3. The molecule has 1 heterocycles. The molecule has 0 bridgehead atoms. The van der Waals surface area contributed by atoms with Crippen molar-refractivity contribution in [1.29, 1.82) is 0 Å². The average Bonchev–Trinajstić information content (AvgIpc) is 2.57. The number of carbonyl (C=O) groups excluding carboxylic acids is 1. The third kappa shape index (κ3) is 2.52. The summed E-state index contributed by atoms with van der Waals surface area (Å²) in [4.78, 5) is 12.6. The van der Waals surface area contributed by atoms with Crippen LogP contribution in [-0.4, -0.2) is 18.1 Å². The van der Waals surface area contributed by atoms with Gasteiger partial charge in [-0.15, -0.1) is 0 Å². The predicted molar refractivity (Wildman–Crippen MR) is 99.4 cm³/mol. The van der Waals surface area contributed by atoms with Gasteiger partial charge >= 0.3 is 0 Å². The van der Waals surface area contributed by atoms with Gasteiger partial charge < -0.3 is 15.2 Å². The summed E-state index contributed by atoms with van der Waals surface area (Å²) in [5, 5.41) is 15.3. The van der Waals surface area contributed by atoms with Crippen LogP contribution in [0.25, 0.3) is 0 Å². The van der Waals surface area contributed by atoms with Crippen LogP contribution in [0.4, 0.5) is 5.69 Å². The fraction of sp³-hybridized carbons (Fsp3) is 0.350. The van der Waals surface area contributed by atoms with Gasteiger partial charge in [-0.2, -0.15) is 0 Å². The number of nitrogens with one attached hydrogen (secondary N) is 1. The molecule has 2 unspecified atom stereocenters. The Hall–Kier alpha value is -2.04. The Balaban J connectivity index is 2.42. The number of methoxy groups -OCH3 is 1. The molecule has 0 saturated heterocycles. The van der Waals surface area contributed by atoms with E-state index < -0.39 is 11.5 Å². The number of halogens is 1. The van der Waals surface area contributed by atoms with Crippen LogP contribution < -0.4 is 10.1 Å². The lowest BCUT2D eigenvalue weighted by Gasteiger charge is -2.41. The number of fused-ring (bicyclic) bond motifs is 1. The lowest BCUT2D eigenvalue weighted by Crippen LogP contribution is -2.47. The van der Waals surface area contributed by atoms with E-state index in [2.05, 4.69) is 5.32 Å². The van der Waals surface area contributed by atoms with Crippen molar-refractivity contribution in [3.63, 3.8) is 0 Å². The van der Waals surface area contributed by atoms with Crippen LogP contribution in [0.3, 0.4) is 0 Å². The number of hydrogen-bond donors (Lipinski definition) is 2. The second-order valence-electron chi connectivity index (χ2n) is 6.69. The summed E-state index contributed by atoms with van der Waals surface area (Å²) in [5.41, 5.74) is 3.39. The fourth-order valence-electron chi connectivity index (χ4n) is 3.67. The van der Waals surface area contributed by atoms with Crippen LogP contribution in [0.5, 0.6) is 5.75 Å². The third-order valence-electron chi connectivity index (χ3n) is 5.39. The highest BCUT2D eigenvalue weighted by Crippen LogP contribution is 2.49. The van der Waals surface area contributed by atoms with Gasteiger partial charge in [-0.1, -0.05) is 18.5 Å². The maximum Gasteiger partial charge on any atom is 0.230 e. The first-order chi connectivity index (χ1) is 11.7. The van der Waals surface area contributed by atoms with E-state index in [1.165, 1.54) is 7.11 Å². The first-order valence-corrected chi connectivity index (χ1v) is 8.58. The second-order valence-corrected chi connectivity index (χ2v) is 7.12. The van der Waals surface area contributed by atoms with E-state index in [4.69, 9.17) is 16.3 Å². The molecule has 2 aromatic carbocycles. The SMILES string of the molecule is COc1ccc(Cl)cc1C1(O)c2c(cc(C)c(C)c2C)NC(=O)C1C. The van der Waals surface area contributed by atoms with Crippen molar-refractivity contribution in [3.8, 4) is 5.75 Å². The van der Waals surface area contributed by atoms with Gasteiger partial charge in [-0.3, -0.25) is 4.79 Å². The van der Waals surface area contributed by atoms with Crippen molar-refractivity contribution < 1.29 is 14.6 Å². The van der Waals surface area contributed by atoms with Crippen LogP contribution >= 0.6 is 11.6 Å². The van der Waals surface area contributed by atoms with Gasteiger partial charge in [0.15, 0.2) is 0 Å². The summed E-state index contributed by atoms with van der Waals surface area (Å²) < 4.78 is 5.46. The second kappa shape index (κ2) is 6.04. The number of aryl methyl sites for hydroxylation is 1. The van der Waals surface area contributed by atoms with Gasteiger partial charge in [0, 0.05) is 21.8 Å². The van der Waals surface area contributed by atoms with Crippen molar-refractivity contribution >= 4 is 23.2 Å². The van der Waals surface area contributed by atoms with Gasteiger partial charge in [-0.05, 0) is 61.7 Å². The maximum atomic E-state index is 12.6. The number of anilines is 1. The lowest BCUT2D eigenvalue weighted by molar-refractivity contribution is -0.127. The molecule has 1 aliphatic rings. The molecular weight excluding hydrogens is 338 g/mol. The zero-order valence-corrected chi connectivity index (χ0v) is 15.8. The minimum absolute atomic E-state index is 0.236. The number of rotatable bonds is 2. The number of aliphatic hydroxyl groups is 1. The zero-order chi connectivity index (χ0) is 18.5. The number of ether oxygens (including phenoxy) is 1. The van der Waals surface area contributed by atoms with Crippen LogP contribution in [0.15, 0.2) is 24.3 Å². The smallest absolute Gasteiger partial charge is 0.230 e. The standard InChI is InChI=1S/C20H22ClNO3/c1-10-8-16-18(12(3)11(10)2)20(24,13(4)19(23)22-16)15-9-14(21)6-7-17(15)25-5/h6-9,13,24H,1-5H3,(H,22,23). The summed E-state index contributed by atoms with van der Waals surface area (Å²) in [6, 6.07) is 7.00. The molecule has 25 heavy (non-hydrogen) atoms. The Kier molecular flexibility index (Phi) is 4.30. The topological polar surface area (TPSA) is 58.6 Å². The summed E-state index contributed by atoms with van der Waals surface area (Å²) >= 11 is 6.20. The predicted octanol–water partition coefficient (Wildman–Crippen LogP) is 4.10. The number of benzene rings is 2. The molecule has 0 radical (unpaired) electrons. The minimum atomic E-state index is -1.53. The molecule has 1 amide bonds. The van der Waals surface area contributed by atoms with E-state index in [9.17, 15) is 9.90 Å². The summed E-state index contributed by atoms with van der Waals surface area (Å²) in [6.07, 6.45) is 0. The maximum absolute atomic E-state index is 12.6. The van der Waals surface area contributed by atoms with Crippen molar-refractivity contribution in [2.24, 2.45) is 5.92 Å². The quantitative estimate of drug-likeness (QED) is 0.848. The van der Waals surface area contributed by atoms with Gasteiger partial charge in [-0.25, -0.2) is 0 Å². The molecular formula is C20H22ClNO3. The highest BCUT2D eigenvalue weighted by Gasteiger charge is 2.49. The summed E-state index contributed by atoms with van der Waals surface area (Å²) in [6.45, 7) is 7.69. The van der Waals surface area contributed by atoms with E-state index in [0.29, 0.717) is 27.6 Å². The van der Waals surface area contributed by atoms with Crippen molar-refractivity contribution in [3.05, 3.63) is 57.1 Å². The molecule has 3 rings (SSSR count). The molecule has 0 aliphatic carbocycles. The number of amides is 1. The number of carbonyl (C=O) groups is 1. The van der Waals surface area contributed by atoms with Crippen LogP contribution in [0.1, 0.15) is 34.7 Å². The molecule has 2 aromatic rings. The van der Waals surface area contributed by atoms with Crippen molar-refractivity contribution in [1.82, 2.24) is 0 Å². The Morgan fingerprint density at radius 2 is 1.88 bits per heavy atom. The molecule has 0 aromatic heterocycles. The van der Waals surface area contributed by atoms with Gasteiger partial charge in [0.25, 0.3) is 0 Å². The summed E-state index contributed by atoms with van der Waals surface area (Å²) in [5.74, 6) is -0.440. The third-order valence-corrected chi connectivity index (χ3v) is 5.63. The van der Waals surface area contributed by atoms with Crippen LogP contribution in [-0.2, 0) is 10.4 Å². The van der Waals surface area contributed by atoms with E-state index in [1.807, 2.05) is 26.8 Å². The molecule has 2 atom stereocenters. The Labute approximate surface area is 152 Å². The molecule has 0 spiro atoms. The lowest BCUT2D eigenvalue weighted by atomic mass is 9.70. The normalized spacial score (nSPS) is 22.4. The van der Waals surface area contributed by atoms with E-state index >= 15 is 0 Å². The molecule has 0 fully saturated rings. The highest BCUT2D eigenvalue weighted by molar-refractivity contribution is 6.30. The molecule has 132 valence electrons. The van der Waals surface area contributed by atoms with E-state index in [0.717, 1.165) is 16.7 Å². The first-order valence-electron chi connectivity index (χ1n) is 8.20. The van der Waals surface area contributed by atoms with Crippen molar-refractivity contribution in [2.75, 3.05) is 12.4 Å². The van der Waals surface area contributed by atoms with Gasteiger partial charge in [0.05, 0.1) is 13.0 Å². The molecule has 0 saturated carbocycles. The Morgan fingerprint density at radius 3 is 2.52 bits per heavy atom. The first kappa shape index (κ1) is 17.8. The zero-order valence-electron chi connectivity index (χ0n) is 15.0. The van der Waals surface area contributed by atoms with Crippen LogP contribution in [0, 0.1) is 26.7 Å². The monoisotopic (exact) mass is 359 g/mol. The van der Waals surface area contributed by atoms with Crippen LogP contribution in [0.2, 0.25) is 5.02 Å². The van der Waals surface area contributed by atoms with Gasteiger partial charge in [0.2, 0.25) is 5.91 Å². The minimum Gasteiger partial charge on any atom is -0.496 e. The highest BCUT2D eigenvalue weighted by atomic mass is 35.5. The Morgan fingerprint density at radius 1 is 1.20 bits per heavy atom. The Bertz CT molecular complexity index is 878. The fourth-order valence-corrected chi connectivity index (χ4v) is 3.84. The largest absolute Gasteiger partial charge is 0.496 e. The van der Waals surface area contributed by atoms with Crippen molar-refractivity contribution in [2.45, 2.75) is 33.3 Å². The molecule has 4 nitrogen and oxygen atoms in total.